The summed E-state index contributed by atoms with van der Waals surface area (Å²) in [6.07, 6.45) is 5.13. The van der Waals surface area contributed by atoms with E-state index < -0.39 is 0 Å². The van der Waals surface area contributed by atoms with Crippen molar-refractivity contribution in [2.75, 3.05) is 5.73 Å². The van der Waals surface area contributed by atoms with Crippen molar-refractivity contribution < 1.29 is 4.74 Å². The van der Waals surface area contributed by atoms with Gasteiger partial charge in [-0.1, -0.05) is 23.7 Å². The SMILES string of the molecule is Nc1ccc(Cl)c(Cc2ccc(O[C@@H]3C[C@@H]4C[C@@H]4C3)cc2)c1. The zero-order chi connectivity index (χ0) is 15.1. The van der Waals surface area contributed by atoms with E-state index in [9.17, 15) is 0 Å². The van der Waals surface area contributed by atoms with Crippen LogP contribution in [0.1, 0.15) is 30.4 Å². The van der Waals surface area contributed by atoms with Gasteiger partial charge in [0.05, 0.1) is 6.10 Å². The maximum Gasteiger partial charge on any atom is 0.119 e. The van der Waals surface area contributed by atoms with E-state index in [1.165, 1.54) is 24.8 Å². The molecule has 2 aliphatic rings. The van der Waals surface area contributed by atoms with Gasteiger partial charge in [0.25, 0.3) is 0 Å². The smallest absolute Gasteiger partial charge is 0.119 e. The van der Waals surface area contributed by atoms with Gasteiger partial charge >= 0.3 is 0 Å². The maximum absolute atomic E-state index is 6.23. The van der Waals surface area contributed by atoms with Crippen molar-refractivity contribution in [1.29, 1.82) is 0 Å². The molecule has 0 radical (unpaired) electrons. The van der Waals surface area contributed by atoms with Crippen LogP contribution in [0.15, 0.2) is 42.5 Å². The van der Waals surface area contributed by atoms with Crippen LogP contribution >= 0.6 is 11.6 Å². The molecule has 2 N–H and O–H groups in total. The Labute approximate surface area is 136 Å². The van der Waals surface area contributed by atoms with Crippen LogP contribution in [0.2, 0.25) is 5.02 Å². The number of anilines is 1. The van der Waals surface area contributed by atoms with Gasteiger partial charge in [0.2, 0.25) is 0 Å². The van der Waals surface area contributed by atoms with E-state index in [4.69, 9.17) is 22.1 Å². The zero-order valence-corrected chi connectivity index (χ0v) is 13.2. The molecular formula is C19H20ClNO. The summed E-state index contributed by atoms with van der Waals surface area (Å²) in [4.78, 5) is 0. The van der Waals surface area contributed by atoms with E-state index in [1.54, 1.807) is 0 Å². The zero-order valence-electron chi connectivity index (χ0n) is 12.5. The number of hydrogen-bond donors (Lipinski definition) is 1. The monoisotopic (exact) mass is 313 g/mol. The minimum absolute atomic E-state index is 0.429. The van der Waals surface area contributed by atoms with Crippen LogP contribution in [0, 0.1) is 11.8 Å². The average molecular weight is 314 g/mol. The second-order valence-corrected chi connectivity index (χ2v) is 7.05. The van der Waals surface area contributed by atoms with Crippen LogP contribution in [0.5, 0.6) is 5.75 Å². The molecule has 3 atom stereocenters. The highest BCUT2D eigenvalue weighted by Gasteiger charge is 2.46. The Morgan fingerprint density at radius 2 is 1.73 bits per heavy atom. The van der Waals surface area contributed by atoms with E-state index in [0.717, 1.165) is 40.3 Å². The number of halogens is 1. The number of nitrogen functional groups attached to an aromatic ring is 1. The Kier molecular flexibility index (Phi) is 3.50. The number of nitrogens with two attached hydrogens (primary N) is 1. The van der Waals surface area contributed by atoms with Gasteiger partial charge in [0.1, 0.15) is 5.75 Å². The van der Waals surface area contributed by atoms with Crippen molar-refractivity contribution in [1.82, 2.24) is 0 Å². The lowest BCUT2D eigenvalue weighted by Gasteiger charge is -2.15. The predicted octanol–water partition coefficient (Wildman–Crippen LogP) is 4.69. The number of rotatable bonds is 4. The van der Waals surface area contributed by atoms with Crippen molar-refractivity contribution >= 4 is 17.3 Å². The Morgan fingerprint density at radius 3 is 2.45 bits per heavy atom. The van der Waals surface area contributed by atoms with Gasteiger partial charge in [-0.25, -0.2) is 0 Å². The molecule has 2 aromatic carbocycles. The Hall–Kier alpha value is -1.67. The van der Waals surface area contributed by atoms with Crippen LogP contribution < -0.4 is 10.5 Å². The van der Waals surface area contributed by atoms with Crippen LogP contribution in [0.4, 0.5) is 5.69 Å². The van der Waals surface area contributed by atoms with Crippen molar-refractivity contribution in [2.24, 2.45) is 11.8 Å². The summed E-state index contributed by atoms with van der Waals surface area (Å²) in [5, 5.41) is 0.764. The van der Waals surface area contributed by atoms with Crippen LogP contribution in [0.3, 0.4) is 0 Å². The van der Waals surface area contributed by atoms with Gasteiger partial charge in [0, 0.05) is 10.7 Å². The summed E-state index contributed by atoms with van der Waals surface area (Å²) in [6.45, 7) is 0. The highest BCUT2D eigenvalue weighted by Crippen LogP contribution is 2.52. The third-order valence-corrected chi connectivity index (χ3v) is 5.26. The van der Waals surface area contributed by atoms with Crippen molar-refractivity contribution in [3.05, 3.63) is 58.6 Å². The molecule has 0 saturated heterocycles. The number of benzene rings is 2. The van der Waals surface area contributed by atoms with E-state index in [2.05, 4.69) is 24.3 Å². The van der Waals surface area contributed by atoms with Crippen molar-refractivity contribution in [3.63, 3.8) is 0 Å². The second kappa shape index (κ2) is 5.51. The molecule has 0 amide bonds. The first-order chi connectivity index (χ1) is 10.7. The van der Waals surface area contributed by atoms with E-state index >= 15 is 0 Å². The molecule has 0 unspecified atom stereocenters. The van der Waals surface area contributed by atoms with E-state index in [0.29, 0.717) is 6.10 Å². The van der Waals surface area contributed by atoms with Crippen LogP contribution in [-0.4, -0.2) is 6.10 Å². The largest absolute Gasteiger partial charge is 0.490 e. The summed E-state index contributed by atoms with van der Waals surface area (Å²) < 4.78 is 6.08. The number of ether oxygens (including phenoxy) is 1. The first kappa shape index (κ1) is 14.0. The molecular weight excluding hydrogens is 294 g/mol. The summed E-state index contributed by atoms with van der Waals surface area (Å²) in [6, 6.07) is 14.0. The molecule has 2 aliphatic carbocycles. The molecule has 114 valence electrons. The highest BCUT2D eigenvalue weighted by atomic mass is 35.5. The minimum Gasteiger partial charge on any atom is -0.490 e. The third-order valence-electron chi connectivity index (χ3n) is 4.89. The van der Waals surface area contributed by atoms with Gasteiger partial charge in [0.15, 0.2) is 0 Å². The van der Waals surface area contributed by atoms with Gasteiger partial charge in [-0.05, 0) is 79.0 Å². The molecule has 0 aliphatic heterocycles. The topological polar surface area (TPSA) is 35.2 Å². The Balaban J connectivity index is 1.41. The standard InChI is InChI=1S/C19H20ClNO/c20-19-6-3-16(21)9-15(19)7-12-1-4-17(5-2-12)22-18-10-13-8-14(13)11-18/h1-6,9,13-14,18H,7-8,10-11,21H2/t13-,14+,18+. The van der Waals surface area contributed by atoms with Crippen LogP contribution in [0.25, 0.3) is 0 Å². The van der Waals surface area contributed by atoms with Crippen LogP contribution in [-0.2, 0) is 6.42 Å². The molecule has 2 aromatic rings. The fraction of sp³-hybridized carbons (Fsp3) is 0.368. The summed E-state index contributed by atoms with van der Waals surface area (Å²) in [5.41, 5.74) is 8.86. The predicted molar refractivity (Wildman–Crippen MR) is 90.4 cm³/mol. The molecule has 0 bridgehead atoms. The number of fused-ring (bicyclic) bond motifs is 1. The minimum atomic E-state index is 0.429. The fourth-order valence-electron chi connectivity index (χ4n) is 3.58. The van der Waals surface area contributed by atoms with E-state index in [-0.39, 0.29) is 0 Å². The lowest BCUT2D eigenvalue weighted by Crippen LogP contribution is -2.13. The van der Waals surface area contributed by atoms with Gasteiger partial charge < -0.3 is 10.5 Å². The van der Waals surface area contributed by atoms with Gasteiger partial charge in [-0.2, -0.15) is 0 Å². The second-order valence-electron chi connectivity index (χ2n) is 6.64. The first-order valence-corrected chi connectivity index (χ1v) is 8.34. The Morgan fingerprint density at radius 1 is 1.00 bits per heavy atom. The average Bonchev–Trinajstić information content (AvgIpc) is 3.12. The Bertz CT molecular complexity index is 672. The van der Waals surface area contributed by atoms with Crippen molar-refractivity contribution in [3.8, 4) is 5.75 Å². The number of hydrogen-bond acceptors (Lipinski definition) is 2. The molecule has 2 saturated carbocycles. The fourth-order valence-corrected chi connectivity index (χ4v) is 3.77. The third kappa shape index (κ3) is 2.93. The molecule has 2 fully saturated rings. The molecule has 4 rings (SSSR count). The van der Waals surface area contributed by atoms with E-state index in [1.807, 2.05) is 18.2 Å². The molecule has 0 heterocycles. The first-order valence-electron chi connectivity index (χ1n) is 7.97. The van der Waals surface area contributed by atoms with Gasteiger partial charge in [-0.3, -0.25) is 0 Å². The maximum atomic E-state index is 6.23. The van der Waals surface area contributed by atoms with Crippen molar-refractivity contribution in [2.45, 2.75) is 31.8 Å². The normalized spacial score (nSPS) is 25.8. The lowest BCUT2D eigenvalue weighted by atomic mass is 10.0. The molecule has 0 aromatic heterocycles. The quantitative estimate of drug-likeness (QED) is 0.831. The molecule has 0 spiro atoms. The van der Waals surface area contributed by atoms with Gasteiger partial charge in [-0.15, -0.1) is 0 Å². The lowest BCUT2D eigenvalue weighted by molar-refractivity contribution is 0.194. The summed E-state index contributed by atoms with van der Waals surface area (Å²) >= 11 is 6.23. The highest BCUT2D eigenvalue weighted by molar-refractivity contribution is 6.31. The molecule has 2 nitrogen and oxygen atoms in total. The molecule has 22 heavy (non-hydrogen) atoms. The summed E-state index contributed by atoms with van der Waals surface area (Å²) in [5.74, 6) is 2.89. The summed E-state index contributed by atoms with van der Waals surface area (Å²) in [7, 11) is 0. The molecule has 3 heteroatoms.